The van der Waals surface area contributed by atoms with E-state index in [2.05, 4.69) is 20.5 Å². The number of amides is 1. The van der Waals surface area contributed by atoms with E-state index in [9.17, 15) is 4.79 Å². The minimum Gasteiger partial charge on any atom is -0.319 e. The fourth-order valence-electron chi connectivity index (χ4n) is 2.80. The van der Waals surface area contributed by atoms with Gasteiger partial charge in [-0.25, -0.2) is 0 Å². The highest BCUT2D eigenvalue weighted by molar-refractivity contribution is 7.99. The number of aryl methyl sites for hydroxylation is 1. The van der Waals surface area contributed by atoms with Crippen molar-refractivity contribution in [3.63, 3.8) is 0 Å². The molecule has 0 aliphatic heterocycles. The van der Waals surface area contributed by atoms with Crippen molar-refractivity contribution in [2.24, 2.45) is 4.99 Å². The summed E-state index contributed by atoms with van der Waals surface area (Å²) in [6.07, 6.45) is 1.89. The average Bonchev–Trinajstić information content (AvgIpc) is 3.38. The molecule has 7 nitrogen and oxygen atoms in total. The Balaban J connectivity index is 1.48. The van der Waals surface area contributed by atoms with Gasteiger partial charge in [-0.1, -0.05) is 59.8 Å². The van der Waals surface area contributed by atoms with E-state index in [4.69, 9.17) is 11.6 Å². The lowest BCUT2D eigenvalue weighted by atomic mass is 10.2. The third-order valence-electron chi connectivity index (χ3n) is 4.29. The zero-order valence-electron chi connectivity index (χ0n) is 16.0. The fourth-order valence-corrected chi connectivity index (χ4v) is 4.41. The van der Waals surface area contributed by atoms with Crippen molar-refractivity contribution < 1.29 is 4.79 Å². The number of para-hydroxylation sites is 1. The van der Waals surface area contributed by atoms with Gasteiger partial charge in [-0.2, -0.15) is 9.67 Å². The smallest absolute Gasteiger partial charge is 0.258 e. The molecule has 0 saturated heterocycles. The molecule has 2 aromatic heterocycles. The maximum atomic E-state index is 12.5. The second-order valence-electron chi connectivity index (χ2n) is 6.36. The molecule has 0 N–H and O–H groups in total. The van der Waals surface area contributed by atoms with E-state index in [0.717, 1.165) is 16.8 Å². The van der Waals surface area contributed by atoms with Crippen molar-refractivity contribution in [3.05, 3.63) is 81.1 Å². The van der Waals surface area contributed by atoms with E-state index < -0.39 is 0 Å². The van der Waals surface area contributed by atoms with Crippen LogP contribution in [0.5, 0.6) is 0 Å². The topological polar surface area (TPSA) is 78.0 Å². The van der Waals surface area contributed by atoms with Crippen LogP contribution in [0.3, 0.4) is 0 Å². The van der Waals surface area contributed by atoms with Crippen LogP contribution in [0, 0.1) is 6.92 Å². The Morgan fingerprint density at radius 3 is 2.83 bits per heavy atom. The number of nitrogens with zero attached hydrogens (tertiary/aromatic N) is 6. The predicted molar refractivity (Wildman–Crippen MR) is 118 cm³/mol. The summed E-state index contributed by atoms with van der Waals surface area (Å²) in [5.41, 5.74) is 2.89. The van der Waals surface area contributed by atoms with Crippen molar-refractivity contribution >= 4 is 40.6 Å². The van der Waals surface area contributed by atoms with Gasteiger partial charge in [0.2, 0.25) is 5.16 Å². The zero-order valence-corrected chi connectivity index (χ0v) is 18.4. The van der Waals surface area contributed by atoms with Crippen LogP contribution in [0.2, 0.25) is 5.02 Å². The van der Waals surface area contributed by atoms with Crippen molar-refractivity contribution in [2.45, 2.75) is 18.6 Å². The first-order chi connectivity index (χ1) is 14.6. The number of halogens is 1. The number of benzene rings is 2. The fraction of sp³-hybridized carbons (Fsp3) is 0.150. The molecule has 1 amide bonds. The van der Waals surface area contributed by atoms with Crippen LogP contribution in [-0.4, -0.2) is 36.4 Å². The SMILES string of the molecule is Cc1ccccc1-n1nnnc1SCC(=O)N=c1sccn1Cc1ccccc1Cl. The third-order valence-corrected chi connectivity index (χ3v) is 6.36. The number of carbonyl (C=O) groups is 1. The molecule has 2 heterocycles. The largest absolute Gasteiger partial charge is 0.319 e. The Kier molecular flexibility index (Phi) is 6.41. The summed E-state index contributed by atoms with van der Waals surface area (Å²) in [5.74, 6) is -0.120. The number of rotatable bonds is 6. The molecule has 152 valence electrons. The monoisotopic (exact) mass is 456 g/mol. The lowest BCUT2D eigenvalue weighted by molar-refractivity contribution is -0.115. The second kappa shape index (κ2) is 9.38. The van der Waals surface area contributed by atoms with Crippen molar-refractivity contribution in [2.75, 3.05) is 5.75 Å². The van der Waals surface area contributed by atoms with Gasteiger partial charge >= 0.3 is 0 Å². The molecule has 4 aromatic rings. The summed E-state index contributed by atoms with van der Waals surface area (Å²) in [6.45, 7) is 2.54. The van der Waals surface area contributed by atoms with Gasteiger partial charge in [0.15, 0.2) is 4.80 Å². The molecular formula is C20H17ClN6OS2. The second-order valence-corrected chi connectivity index (χ2v) is 8.58. The summed E-state index contributed by atoms with van der Waals surface area (Å²) in [6, 6.07) is 15.4. The van der Waals surface area contributed by atoms with Crippen molar-refractivity contribution in [1.29, 1.82) is 0 Å². The summed E-state index contributed by atoms with van der Waals surface area (Å²) in [4.78, 5) is 17.4. The van der Waals surface area contributed by atoms with Crippen LogP contribution in [0.4, 0.5) is 0 Å². The van der Waals surface area contributed by atoms with Gasteiger partial charge in [-0.15, -0.1) is 16.4 Å². The van der Waals surface area contributed by atoms with Crippen LogP contribution in [0.1, 0.15) is 11.1 Å². The van der Waals surface area contributed by atoms with Crippen molar-refractivity contribution in [1.82, 2.24) is 24.8 Å². The third kappa shape index (κ3) is 4.69. The molecule has 30 heavy (non-hydrogen) atoms. The lowest BCUT2D eigenvalue weighted by Crippen LogP contribution is -2.17. The number of carbonyl (C=O) groups excluding carboxylic acids is 1. The van der Waals surface area contributed by atoms with E-state index in [0.29, 0.717) is 21.5 Å². The van der Waals surface area contributed by atoms with Gasteiger partial charge < -0.3 is 4.57 Å². The van der Waals surface area contributed by atoms with Crippen LogP contribution in [0.25, 0.3) is 5.69 Å². The lowest BCUT2D eigenvalue weighted by Gasteiger charge is -2.06. The molecule has 0 aliphatic rings. The van der Waals surface area contributed by atoms with Crippen LogP contribution < -0.4 is 4.80 Å². The van der Waals surface area contributed by atoms with Crippen LogP contribution in [-0.2, 0) is 11.3 Å². The number of aromatic nitrogens is 5. The van der Waals surface area contributed by atoms with E-state index in [1.807, 2.05) is 71.6 Å². The Morgan fingerprint density at radius 1 is 1.20 bits per heavy atom. The molecule has 0 radical (unpaired) electrons. The number of tetrazole rings is 1. The Bertz CT molecular complexity index is 1250. The highest BCUT2D eigenvalue weighted by Crippen LogP contribution is 2.20. The molecule has 10 heteroatoms. The Labute approximate surface area is 186 Å². The number of thiazole rings is 1. The maximum absolute atomic E-state index is 12.5. The quantitative estimate of drug-likeness (QED) is 0.413. The minimum absolute atomic E-state index is 0.135. The molecule has 0 saturated carbocycles. The molecule has 2 aromatic carbocycles. The zero-order chi connectivity index (χ0) is 20.9. The van der Waals surface area contributed by atoms with Gasteiger partial charge in [0.25, 0.3) is 5.91 Å². The van der Waals surface area contributed by atoms with E-state index in [1.165, 1.54) is 23.1 Å². The van der Waals surface area contributed by atoms with E-state index in [1.54, 1.807) is 4.68 Å². The average molecular weight is 457 g/mol. The van der Waals surface area contributed by atoms with E-state index in [-0.39, 0.29) is 11.7 Å². The van der Waals surface area contributed by atoms with Crippen LogP contribution in [0.15, 0.2) is 70.3 Å². The van der Waals surface area contributed by atoms with E-state index >= 15 is 0 Å². The Morgan fingerprint density at radius 2 is 2.00 bits per heavy atom. The first-order valence-corrected chi connectivity index (χ1v) is 11.3. The van der Waals surface area contributed by atoms with Crippen molar-refractivity contribution in [3.8, 4) is 5.69 Å². The van der Waals surface area contributed by atoms with Gasteiger partial charge in [0.1, 0.15) is 0 Å². The minimum atomic E-state index is -0.255. The molecule has 4 rings (SSSR count). The normalized spacial score (nSPS) is 11.7. The molecule has 0 unspecified atom stereocenters. The Hall–Kier alpha value is -2.75. The van der Waals surface area contributed by atoms with Gasteiger partial charge in [0.05, 0.1) is 18.0 Å². The highest BCUT2D eigenvalue weighted by Gasteiger charge is 2.13. The maximum Gasteiger partial charge on any atom is 0.258 e. The molecule has 0 aliphatic carbocycles. The standard InChI is InChI=1S/C20H17ClN6OS2/c1-14-6-2-5-9-17(14)27-20(23-24-25-27)30-13-18(28)22-19-26(10-11-29-19)12-15-7-3-4-8-16(15)21/h2-11H,12-13H2,1H3. The van der Waals surface area contributed by atoms with Gasteiger partial charge in [0, 0.05) is 16.6 Å². The summed E-state index contributed by atoms with van der Waals surface area (Å²) in [7, 11) is 0. The summed E-state index contributed by atoms with van der Waals surface area (Å²) >= 11 is 8.91. The first kappa shape index (κ1) is 20.5. The number of hydrogen-bond acceptors (Lipinski definition) is 6. The first-order valence-electron chi connectivity index (χ1n) is 9.04. The molecular weight excluding hydrogens is 440 g/mol. The van der Waals surface area contributed by atoms with Gasteiger partial charge in [-0.05, 0) is 40.6 Å². The van der Waals surface area contributed by atoms with Gasteiger partial charge in [-0.3, -0.25) is 4.79 Å². The summed E-state index contributed by atoms with van der Waals surface area (Å²) < 4.78 is 3.54. The number of hydrogen-bond donors (Lipinski definition) is 0. The molecule has 0 bridgehead atoms. The molecule has 0 fully saturated rings. The number of thioether (sulfide) groups is 1. The summed E-state index contributed by atoms with van der Waals surface area (Å²) in [5, 5.41) is 15.0. The molecule has 0 atom stereocenters. The molecule has 0 spiro atoms. The van der Waals surface area contributed by atoms with Crippen LogP contribution >= 0.6 is 34.7 Å². The highest BCUT2D eigenvalue weighted by atomic mass is 35.5. The predicted octanol–water partition coefficient (Wildman–Crippen LogP) is 3.76.